The molecule has 0 saturated carbocycles. The Morgan fingerprint density at radius 1 is 0.435 bits per heavy atom. The Bertz CT molecular complexity index is 924. The molecule has 368 valence electrons. The van der Waals surface area contributed by atoms with Gasteiger partial charge in [-0.3, -0.25) is 9.59 Å². The van der Waals surface area contributed by atoms with Crippen molar-refractivity contribution < 1.29 is 24.5 Å². The molecule has 3 N–H and O–H groups in total. The molecule has 0 aromatic rings. The monoisotopic (exact) mass is 876 g/mol. The molecule has 0 aromatic carbocycles. The Morgan fingerprint density at radius 2 is 0.758 bits per heavy atom. The molecule has 0 saturated heterocycles. The van der Waals surface area contributed by atoms with Crippen molar-refractivity contribution in [2.75, 3.05) is 13.2 Å². The smallest absolute Gasteiger partial charge is 0.305 e. The van der Waals surface area contributed by atoms with Crippen LogP contribution in [0.1, 0.15) is 309 Å². The maximum Gasteiger partial charge on any atom is 0.305 e. The van der Waals surface area contributed by atoms with Gasteiger partial charge in [-0.2, -0.15) is 0 Å². The van der Waals surface area contributed by atoms with Gasteiger partial charge >= 0.3 is 5.97 Å². The fourth-order valence-electron chi connectivity index (χ4n) is 8.75. The quantitative estimate of drug-likeness (QED) is 0.0321. The van der Waals surface area contributed by atoms with E-state index in [9.17, 15) is 19.8 Å². The van der Waals surface area contributed by atoms with Gasteiger partial charge in [-0.1, -0.05) is 257 Å². The molecule has 2 unspecified atom stereocenters. The van der Waals surface area contributed by atoms with Gasteiger partial charge in [0.1, 0.15) is 0 Å². The van der Waals surface area contributed by atoms with E-state index >= 15 is 0 Å². The van der Waals surface area contributed by atoms with Crippen LogP contribution in [0, 0.1) is 0 Å². The lowest BCUT2D eigenvalue weighted by atomic mass is 10.0. The molecule has 1 amide bonds. The molecule has 0 heterocycles. The van der Waals surface area contributed by atoms with E-state index in [1.807, 2.05) is 0 Å². The average molecular weight is 876 g/mol. The number of hydrogen-bond donors (Lipinski definition) is 3. The van der Waals surface area contributed by atoms with Crippen molar-refractivity contribution >= 4 is 11.9 Å². The zero-order valence-electron chi connectivity index (χ0n) is 41.9. The van der Waals surface area contributed by atoms with E-state index in [1.54, 1.807) is 0 Å². The van der Waals surface area contributed by atoms with Gasteiger partial charge in [-0.25, -0.2) is 0 Å². The summed E-state index contributed by atoms with van der Waals surface area (Å²) in [4.78, 5) is 24.5. The van der Waals surface area contributed by atoms with E-state index in [2.05, 4.69) is 31.3 Å². The zero-order valence-corrected chi connectivity index (χ0v) is 41.9. The first-order chi connectivity index (χ1) is 30.5. The van der Waals surface area contributed by atoms with Crippen molar-refractivity contribution in [3.05, 3.63) is 12.2 Å². The number of aliphatic hydroxyl groups excluding tert-OH is 2. The number of ether oxygens (including phenoxy) is 1. The first-order valence-electron chi connectivity index (χ1n) is 27.9. The highest BCUT2D eigenvalue weighted by Crippen LogP contribution is 2.17. The first-order valence-corrected chi connectivity index (χ1v) is 27.9. The SMILES string of the molecule is CCCCCCCCC/C=C\CCCCCCCC(=O)OCCCCCCCCCCCCCCCCC(=O)NC(CO)C(O)CCCCCCCCCCCCCCCCC. The number of allylic oxidation sites excluding steroid dienone is 2. The van der Waals surface area contributed by atoms with Gasteiger partial charge in [0.2, 0.25) is 5.91 Å². The standard InChI is InChI=1S/C56H109NO5/c1-3-5-7-9-11-13-15-17-19-21-26-30-34-38-42-46-50-56(61)62-51-47-43-39-35-31-27-23-22-25-29-33-37-41-45-49-55(60)57-53(52-58)54(59)48-44-40-36-32-28-24-20-18-16-14-12-10-8-6-4-2/h19,21,53-54,58-59H,3-18,20,22-52H2,1-2H3,(H,57,60)/b21-19-. The zero-order chi connectivity index (χ0) is 45.1. The summed E-state index contributed by atoms with van der Waals surface area (Å²) in [5.41, 5.74) is 0. The fraction of sp³-hybridized carbons (Fsp3) is 0.929. The minimum Gasteiger partial charge on any atom is -0.466 e. The highest BCUT2D eigenvalue weighted by molar-refractivity contribution is 5.76. The number of carbonyl (C=O) groups is 2. The second-order valence-electron chi connectivity index (χ2n) is 19.3. The molecule has 6 heteroatoms. The van der Waals surface area contributed by atoms with Crippen LogP contribution in [0.2, 0.25) is 0 Å². The normalized spacial score (nSPS) is 12.6. The number of amides is 1. The second kappa shape index (κ2) is 52.2. The van der Waals surface area contributed by atoms with Gasteiger partial charge in [0.05, 0.1) is 25.4 Å². The van der Waals surface area contributed by atoms with Gasteiger partial charge in [0.15, 0.2) is 0 Å². The largest absolute Gasteiger partial charge is 0.466 e. The lowest BCUT2D eigenvalue weighted by molar-refractivity contribution is -0.143. The molecular weight excluding hydrogens is 767 g/mol. The van der Waals surface area contributed by atoms with E-state index in [0.717, 1.165) is 51.4 Å². The van der Waals surface area contributed by atoms with Crippen molar-refractivity contribution in [3.63, 3.8) is 0 Å². The summed E-state index contributed by atoms with van der Waals surface area (Å²) in [6.45, 7) is 4.94. The number of aliphatic hydroxyl groups is 2. The third-order valence-electron chi connectivity index (χ3n) is 13.1. The Labute approximate surface area is 387 Å². The molecule has 6 nitrogen and oxygen atoms in total. The van der Waals surface area contributed by atoms with Crippen molar-refractivity contribution in [1.82, 2.24) is 5.32 Å². The van der Waals surface area contributed by atoms with Crippen LogP contribution in [0.25, 0.3) is 0 Å². The molecule has 0 aliphatic carbocycles. The fourth-order valence-corrected chi connectivity index (χ4v) is 8.75. The van der Waals surface area contributed by atoms with E-state index in [1.165, 1.54) is 225 Å². The summed E-state index contributed by atoms with van der Waals surface area (Å²) in [6, 6.07) is -0.549. The third kappa shape index (κ3) is 48.1. The number of esters is 1. The molecular formula is C56H109NO5. The Hall–Kier alpha value is -1.40. The molecule has 0 rings (SSSR count). The highest BCUT2D eigenvalue weighted by Gasteiger charge is 2.20. The van der Waals surface area contributed by atoms with Crippen molar-refractivity contribution in [3.8, 4) is 0 Å². The molecule has 0 aliphatic heterocycles. The van der Waals surface area contributed by atoms with E-state index in [-0.39, 0.29) is 18.5 Å². The lowest BCUT2D eigenvalue weighted by Crippen LogP contribution is -2.45. The lowest BCUT2D eigenvalue weighted by Gasteiger charge is -2.22. The van der Waals surface area contributed by atoms with Gasteiger partial charge in [0.25, 0.3) is 0 Å². The van der Waals surface area contributed by atoms with E-state index in [4.69, 9.17) is 4.74 Å². The summed E-state index contributed by atoms with van der Waals surface area (Å²) in [7, 11) is 0. The second-order valence-corrected chi connectivity index (χ2v) is 19.3. The van der Waals surface area contributed by atoms with Crippen LogP contribution >= 0.6 is 0 Å². The maximum absolute atomic E-state index is 12.5. The van der Waals surface area contributed by atoms with Gasteiger partial charge < -0.3 is 20.3 Å². The van der Waals surface area contributed by atoms with Crippen LogP contribution in [0.3, 0.4) is 0 Å². The van der Waals surface area contributed by atoms with Crippen LogP contribution < -0.4 is 5.32 Å². The van der Waals surface area contributed by atoms with Crippen LogP contribution in [0.5, 0.6) is 0 Å². The first kappa shape index (κ1) is 60.6. The summed E-state index contributed by atoms with van der Waals surface area (Å²) in [6.07, 6.45) is 60.4. The van der Waals surface area contributed by atoms with Crippen LogP contribution in [0.15, 0.2) is 12.2 Å². The van der Waals surface area contributed by atoms with Crippen LogP contribution in [-0.2, 0) is 14.3 Å². The van der Waals surface area contributed by atoms with Gasteiger partial charge in [-0.05, 0) is 51.4 Å². The molecule has 0 bridgehead atoms. The minimum atomic E-state index is -0.670. The molecule has 0 aliphatic rings. The number of hydrogen-bond acceptors (Lipinski definition) is 5. The maximum atomic E-state index is 12.5. The average Bonchev–Trinajstić information content (AvgIpc) is 3.27. The molecule has 0 fully saturated rings. The van der Waals surface area contributed by atoms with Crippen LogP contribution in [-0.4, -0.2) is 47.4 Å². The molecule has 0 spiro atoms. The van der Waals surface area contributed by atoms with Gasteiger partial charge in [-0.15, -0.1) is 0 Å². The molecule has 0 aromatic heterocycles. The third-order valence-corrected chi connectivity index (χ3v) is 13.1. The summed E-state index contributed by atoms with van der Waals surface area (Å²) in [5.74, 6) is -0.0529. The van der Waals surface area contributed by atoms with E-state index in [0.29, 0.717) is 25.9 Å². The Morgan fingerprint density at radius 3 is 1.15 bits per heavy atom. The Balaban J connectivity index is 3.43. The molecule has 0 radical (unpaired) electrons. The summed E-state index contributed by atoms with van der Waals surface area (Å²) < 4.78 is 5.47. The number of nitrogens with one attached hydrogen (secondary N) is 1. The number of unbranched alkanes of at least 4 members (excludes halogenated alkanes) is 39. The topological polar surface area (TPSA) is 95.9 Å². The highest BCUT2D eigenvalue weighted by atomic mass is 16.5. The predicted octanol–water partition coefficient (Wildman–Crippen LogP) is 16.9. The number of carbonyl (C=O) groups excluding carboxylic acids is 2. The van der Waals surface area contributed by atoms with Crippen LogP contribution in [0.4, 0.5) is 0 Å². The van der Waals surface area contributed by atoms with E-state index < -0.39 is 12.1 Å². The van der Waals surface area contributed by atoms with Gasteiger partial charge in [0, 0.05) is 12.8 Å². The Kier molecular flexibility index (Phi) is 51.0. The predicted molar refractivity (Wildman–Crippen MR) is 269 cm³/mol. The summed E-state index contributed by atoms with van der Waals surface area (Å²) >= 11 is 0. The van der Waals surface area contributed by atoms with Crippen molar-refractivity contribution in [2.24, 2.45) is 0 Å². The van der Waals surface area contributed by atoms with Crippen molar-refractivity contribution in [2.45, 2.75) is 321 Å². The van der Waals surface area contributed by atoms with Crippen molar-refractivity contribution in [1.29, 1.82) is 0 Å². The summed E-state index contributed by atoms with van der Waals surface area (Å²) in [5, 5.41) is 23.2. The molecule has 2 atom stereocenters. The minimum absolute atomic E-state index is 0.00895. The molecule has 62 heavy (non-hydrogen) atoms. The number of rotatable bonds is 52.